The molecule has 0 amide bonds. The molecule has 0 aromatic carbocycles. The van der Waals surface area contributed by atoms with E-state index in [2.05, 4.69) is 4.18 Å². The zero-order valence-electron chi connectivity index (χ0n) is 7.98. The first-order valence-electron chi connectivity index (χ1n) is 4.35. The van der Waals surface area contributed by atoms with Crippen molar-refractivity contribution in [2.45, 2.75) is 6.42 Å². The van der Waals surface area contributed by atoms with Gasteiger partial charge in [-0.15, -0.1) is 0 Å². The highest BCUT2D eigenvalue weighted by molar-refractivity contribution is 7.74. The van der Waals surface area contributed by atoms with E-state index in [0.29, 0.717) is 39.4 Å². The van der Waals surface area contributed by atoms with Gasteiger partial charge in [0.05, 0.1) is 37.8 Å². The Kier molecular flexibility index (Phi) is 11.0. The predicted octanol–water partition coefficient (Wildman–Crippen LogP) is -0.821. The first-order valence-corrected chi connectivity index (χ1v) is 5.35. The van der Waals surface area contributed by atoms with Crippen molar-refractivity contribution in [1.29, 1.82) is 0 Å². The van der Waals surface area contributed by atoms with E-state index in [1.807, 2.05) is 0 Å². The summed E-state index contributed by atoms with van der Waals surface area (Å²) >= 11 is -2.42. The van der Waals surface area contributed by atoms with Crippen molar-refractivity contribution < 1.29 is 22.4 Å². The minimum Gasteiger partial charge on any atom is -0.750 e. The van der Waals surface area contributed by atoms with Gasteiger partial charge in [0, 0.05) is 13.2 Å². The van der Waals surface area contributed by atoms with Crippen LogP contribution in [0.15, 0.2) is 0 Å². The molecule has 7 heteroatoms. The number of rotatable bonds is 10. The molecule has 0 rings (SSSR count). The van der Waals surface area contributed by atoms with Gasteiger partial charge in [-0.1, -0.05) is 0 Å². The van der Waals surface area contributed by atoms with Crippen LogP contribution in [0, 0.1) is 0 Å². The second-order valence-electron chi connectivity index (χ2n) is 2.39. The molecule has 0 bridgehead atoms. The van der Waals surface area contributed by atoms with Crippen LogP contribution in [0.25, 0.3) is 0 Å². The number of hydrogen-bond donors (Lipinski definition) is 1. The Bertz CT molecular complexity index is 146. The van der Waals surface area contributed by atoms with Crippen LogP contribution in [0.3, 0.4) is 0 Å². The molecular formula is C7H16NO5S-. The number of nitrogens with two attached hydrogens (primary N) is 1. The molecule has 1 unspecified atom stereocenters. The summed E-state index contributed by atoms with van der Waals surface area (Å²) < 4.78 is 34.3. The summed E-state index contributed by atoms with van der Waals surface area (Å²) in [6.07, 6.45) is 0.546. The van der Waals surface area contributed by atoms with Gasteiger partial charge in [0.15, 0.2) is 0 Å². The van der Waals surface area contributed by atoms with Gasteiger partial charge in [-0.3, -0.25) is 0 Å². The fourth-order valence-electron chi connectivity index (χ4n) is 0.693. The van der Waals surface area contributed by atoms with E-state index in [1.165, 1.54) is 0 Å². The summed E-state index contributed by atoms with van der Waals surface area (Å²) in [5.41, 5.74) is 5.20. The van der Waals surface area contributed by atoms with Gasteiger partial charge in [-0.25, -0.2) is 4.21 Å². The van der Waals surface area contributed by atoms with E-state index in [4.69, 9.17) is 15.2 Å². The first-order chi connectivity index (χ1) is 6.77. The van der Waals surface area contributed by atoms with Crippen LogP contribution in [0.2, 0.25) is 0 Å². The Balaban J connectivity index is 2.88. The molecule has 0 aromatic rings. The van der Waals surface area contributed by atoms with Crippen molar-refractivity contribution in [2.75, 3.05) is 39.6 Å². The Hall–Kier alpha value is -0.0500. The SMILES string of the molecule is NCCOCCOCCCOS(=O)[O-]. The van der Waals surface area contributed by atoms with Gasteiger partial charge < -0.3 is 23.9 Å². The van der Waals surface area contributed by atoms with Crippen LogP contribution in [0.5, 0.6) is 0 Å². The maximum atomic E-state index is 9.91. The topological polar surface area (TPSA) is 93.8 Å². The normalized spacial score (nSPS) is 13.0. The molecule has 86 valence electrons. The molecule has 0 fully saturated rings. The third kappa shape index (κ3) is 11.9. The van der Waals surface area contributed by atoms with Crippen LogP contribution >= 0.6 is 0 Å². The van der Waals surface area contributed by atoms with Gasteiger partial charge in [0.25, 0.3) is 0 Å². The average Bonchev–Trinajstić information content (AvgIpc) is 2.15. The van der Waals surface area contributed by atoms with Gasteiger partial charge in [0.2, 0.25) is 0 Å². The fraction of sp³-hybridized carbons (Fsp3) is 1.00. The maximum absolute atomic E-state index is 9.91. The van der Waals surface area contributed by atoms with E-state index in [0.717, 1.165) is 0 Å². The van der Waals surface area contributed by atoms with Crippen molar-refractivity contribution in [3.05, 3.63) is 0 Å². The third-order valence-corrected chi connectivity index (χ3v) is 1.61. The predicted molar refractivity (Wildman–Crippen MR) is 50.2 cm³/mol. The summed E-state index contributed by atoms with van der Waals surface area (Å²) in [7, 11) is 0. The molecule has 0 heterocycles. The van der Waals surface area contributed by atoms with E-state index in [-0.39, 0.29) is 6.61 Å². The lowest BCUT2D eigenvalue weighted by Crippen LogP contribution is -2.12. The molecule has 2 N–H and O–H groups in total. The van der Waals surface area contributed by atoms with E-state index < -0.39 is 11.4 Å². The summed E-state index contributed by atoms with van der Waals surface area (Å²) in [6.45, 7) is 2.64. The Morgan fingerprint density at radius 2 is 1.71 bits per heavy atom. The maximum Gasteiger partial charge on any atom is 0.0842 e. The van der Waals surface area contributed by atoms with Crippen LogP contribution in [0.4, 0.5) is 0 Å². The van der Waals surface area contributed by atoms with Crippen LogP contribution in [-0.2, 0) is 25.0 Å². The smallest absolute Gasteiger partial charge is 0.0842 e. The van der Waals surface area contributed by atoms with Crippen molar-refractivity contribution in [3.63, 3.8) is 0 Å². The van der Waals surface area contributed by atoms with Crippen LogP contribution < -0.4 is 5.73 Å². The molecule has 0 aliphatic carbocycles. The number of hydrogen-bond acceptors (Lipinski definition) is 6. The lowest BCUT2D eigenvalue weighted by molar-refractivity contribution is 0.0464. The van der Waals surface area contributed by atoms with Gasteiger partial charge in [0.1, 0.15) is 0 Å². The van der Waals surface area contributed by atoms with Crippen molar-refractivity contribution in [3.8, 4) is 0 Å². The van der Waals surface area contributed by atoms with Crippen molar-refractivity contribution >= 4 is 11.4 Å². The molecule has 0 aliphatic heterocycles. The first kappa shape index (κ1) is 13.9. The third-order valence-electron chi connectivity index (χ3n) is 1.25. The Morgan fingerprint density at radius 3 is 2.29 bits per heavy atom. The zero-order chi connectivity index (χ0) is 10.6. The van der Waals surface area contributed by atoms with Gasteiger partial charge >= 0.3 is 0 Å². The molecule has 0 aliphatic rings. The summed E-state index contributed by atoms with van der Waals surface area (Å²) in [4.78, 5) is 0. The molecule has 1 atom stereocenters. The van der Waals surface area contributed by atoms with Crippen molar-refractivity contribution in [1.82, 2.24) is 0 Å². The molecular weight excluding hydrogens is 210 g/mol. The van der Waals surface area contributed by atoms with Crippen molar-refractivity contribution in [2.24, 2.45) is 5.73 Å². The second kappa shape index (κ2) is 11.0. The monoisotopic (exact) mass is 226 g/mol. The molecule has 0 saturated carbocycles. The lowest BCUT2D eigenvalue weighted by atomic mass is 10.5. The highest BCUT2D eigenvalue weighted by Gasteiger charge is 1.90. The standard InChI is InChI=1S/C7H17NO5S/c8-2-5-12-7-6-11-3-1-4-13-14(9)10/h1-8H2,(H,9,10)/p-1. The molecule has 0 radical (unpaired) electrons. The average molecular weight is 226 g/mol. The van der Waals surface area contributed by atoms with E-state index >= 15 is 0 Å². The number of ether oxygens (including phenoxy) is 2. The van der Waals surface area contributed by atoms with E-state index in [9.17, 15) is 8.76 Å². The summed E-state index contributed by atoms with van der Waals surface area (Å²) in [6, 6.07) is 0. The fourth-order valence-corrected chi connectivity index (χ4v) is 0.947. The molecule has 6 nitrogen and oxygen atoms in total. The second-order valence-corrected chi connectivity index (χ2v) is 3.04. The van der Waals surface area contributed by atoms with E-state index in [1.54, 1.807) is 0 Å². The molecule has 0 aromatic heterocycles. The van der Waals surface area contributed by atoms with Gasteiger partial charge in [-0.2, -0.15) is 0 Å². The molecule has 0 saturated heterocycles. The largest absolute Gasteiger partial charge is 0.750 e. The van der Waals surface area contributed by atoms with Crippen LogP contribution in [-0.4, -0.2) is 48.3 Å². The Morgan fingerprint density at radius 1 is 1.07 bits per heavy atom. The highest BCUT2D eigenvalue weighted by Crippen LogP contribution is 1.87. The van der Waals surface area contributed by atoms with Crippen LogP contribution in [0.1, 0.15) is 6.42 Å². The molecule has 0 spiro atoms. The highest BCUT2D eigenvalue weighted by atomic mass is 32.2. The molecule has 14 heavy (non-hydrogen) atoms. The summed E-state index contributed by atoms with van der Waals surface area (Å²) in [5.74, 6) is 0. The zero-order valence-corrected chi connectivity index (χ0v) is 8.79. The minimum absolute atomic E-state index is 0.153. The summed E-state index contributed by atoms with van der Waals surface area (Å²) in [5, 5.41) is 0. The Labute approximate surface area is 86.2 Å². The quantitative estimate of drug-likeness (QED) is 0.386. The van der Waals surface area contributed by atoms with Gasteiger partial charge in [-0.05, 0) is 6.42 Å². The lowest BCUT2D eigenvalue weighted by Gasteiger charge is -2.06. The minimum atomic E-state index is -2.42.